The predicted octanol–water partition coefficient (Wildman–Crippen LogP) is 2.59. The van der Waals surface area contributed by atoms with Gasteiger partial charge in [-0.15, -0.1) is 0 Å². The van der Waals surface area contributed by atoms with E-state index in [4.69, 9.17) is 16.7 Å². The standard InChI is InChI=1S/C14H16ClNO3/c1-9-11(3-2-4-12(9)15)14(19)16(8-13(17)18)7-10-5-6-10/h2-4,10H,5-8H2,1H3,(H,17,18). The minimum Gasteiger partial charge on any atom is -0.480 e. The van der Waals surface area contributed by atoms with E-state index in [0.717, 1.165) is 12.8 Å². The number of hydrogen-bond acceptors (Lipinski definition) is 2. The third kappa shape index (κ3) is 3.47. The minimum atomic E-state index is -0.992. The van der Waals surface area contributed by atoms with Gasteiger partial charge in [-0.05, 0) is 43.4 Å². The zero-order valence-electron chi connectivity index (χ0n) is 10.7. The lowest BCUT2D eigenvalue weighted by molar-refractivity contribution is -0.137. The number of rotatable bonds is 5. The van der Waals surface area contributed by atoms with E-state index in [0.29, 0.717) is 28.6 Å². The quantitative estimate of drug-likeness (QED) is 0.902. The van der Waals surface area contributed by atoms with Crippen molar-refractivity contribution in [2.45, 2.75) is 19.8 Å². The molecule has 5 heteroatoms. The Morgan fingerprint density at radius 2 is 2.11 bits per heavy atom. The van der Waals surface area contributed by atoms with Crippen LogP contribution in [0.4, 0.5) is 0 Å². The van der Waals surface area contributed by atoms with Gasteiger partial charge in [-0.3, -0.25) is 9.59 Å². The Hall–Kier alpha value is -1.55. The van der Waals surface area contributed by atoms with E-state index in [1.54, 1.807) is 25.1 Å². The summed E-state index contributed by atoms with van der Waals surface area (Å²) in [7, 11) is 0. The second-order valence-corrected chi connectivity index (χ2v) is 5.34. The number of aliphatic carboxylic acids is 1. The largest absolute Gasteiger partial charge is 0.480 e. The van der Waals surface area contributed by atoms with Crippen LogP contribution in [0.25, 0.3) is 0 Å². The van der Waals surface area contributed by atoms with E-state index in [-0.39, 0.29) is 12.5 Å². The highest BCUT2D eigenvalue weighted by Gasteiger charge is 2.29. The van der Waals surface area contributed by atoms with Crippen LogP contribution >= 0.6 is 11.6 Å². The molecular formula is C14H16ClNO3. The summed E-state index contributed by atoms with van der Waals surface area (Å²) in [4.78, 5) is 24.7. The fraction of sp³-hybridized carbons (Fsp3) is 0.429. The third-order valence-corrected chi connectivity index (χ3v) is 3.70. The van der Waals surface area contributed by atoms with Crippen molar-refractivity contribution in [3.05, 3.63) is 34.3 Å². The molecule has 0 heterocycles. The Labute approximate surface area is 117 Å². The van der Waals surface area contributed by atoms with Crippen molar-refractivity contribution in [1.82, 2.24) is 4.90 Å². The number of nitrogens with zero attached hydrogens (tertiary/aromatic N) is 1. The number of hydrogen-bond donors (Lipinski definition) is 1. The summed E-state index contributed by atoms with van der Waals surface area (Å²) in [5.41, 5.74) is 1.18. The smallest absolute Gasteiger partial charge is 0.323 e. The summed E-state index contributed by atoms with van der Waals surface area (Å²) in [6.07, 6.45) is 2.13. The van der Waals surface area contributed by atoms with Crippen LogP contribution in [0.2, 0.25) is 5.02 Å². The van der Waals surface area contributed by atoms with Gasteiger partial charge in [-0.2, -0.15) is 0 Å². The molecule has 19 heavy (non-hydrogen) atoms. The lowest BCUT2D eigenvalue weighted by atomic mass is 10.1. The van der Waals surface area contributed by atoms with Crippen molar-refractivity contribution in [2.75, 3.05) is 13.1 Å². The molecule has 1 aliphatic carbocycles. The zero-order chi connectivity index (χ0) is 14.0. The first-order valence-electron chi connectivity index (χ1n) is 6.25. The molecule has 1 aliphatic rings. The molecule has 0 unspecified atom stereocenters. The number of halogens is 1. The number of carboxylic acids is 1. The molecule has 0 aliphatic heterocycles. The number of carbonyl (C=O) groups is 2. The summed E-state index contributed by atoms with van der Waals surface area (Å²) >= 11 is 6.00. The monoisotopic (exact) mass is 281 g/mol. The molecule has 1 N–H and O–H groups in total. The SMILES string of the molecule is Cc1c(Cl)cccc1C(=O)N(CC(=O)O)CC1CC1. The third-order valence-electron chi connectivity index (χ3n) is 3.29. The van der Waals surface area contributed by atoms with Gasteiger partial charge >= 0.3 is 5.97 Å². The van der Waals surface area contributed by atoms with Crippen molar-refractivity contribution in [2.24, 2.45) is 5.92 Å². The lowest BCUT2D eigenvalue weighted by Crippen LogP contribution is -2.37. The molecule has 2 rings (SSSR count). The highest BCUT2D eigenvalue weighted by Crippen LogP contribution is 2.30. The summed E-state index contributed by atoms with van der Waals surface area (Å²) < 4.78 is 0. The molecular weight excluding hydrogens is 266 g/mol. The van der Waals surface area contributed by atoms with Crippen molar-refractivity contribution in [3.63, 3.8) is 0 Å². The average molecular weight is 282 g/mol. The molecule has 1 aromatic rings. The molecule has 0 bridgehead atoms. The average Bonchev–Trinajstić information content (AvgIpc) is 3.14. The molecule has 1 saturated carbocycles. The van der Waals surface area contributed by atoms with E-state index in [9.17, 15) is 9.59 Å². The number of amides is 1. The van der Waals surface area contributed by atoms with Crippen LogP contribution in [0.1, 0.15) is 28.8 Å². The van der Waals surface area contributed by atoms with E-state index in [2.05, 4.69) is 0 Å². The number of benzene rings is 1. The first-order chi connectivity index (χ1) is 8.99. The van der Waals surface area contributed by atoms with Crippen molar-refractivity contribution < 1.29 is 14.7 Å². The minimum absolute atomic E-state index is 0.255. The van der Waals surface area contributed by atoms with Crippen LogP contribution in [-0.2, 0) is 4.79 Å². The molecule has 0 saturated heterocycles. The van der Waals surface area contributed by atoms with E-state index in [1.165, 1.54) is 4.90 Å². The lowest BCUT2D eigenvalue weighted by Gasteiger charge is -2.21. The van der Waals surface area contributed by atoms with Crippen molar-refractivity contribution >= 4 is 23.5 Å². The van der Waals surface area contributed by atoms with Crippen LogP contribution in [0, 0.1) is 12.8 Å². The van der Waals surface area contributed by atoms with Gasteiger partial charge in [0.15, 0.2) is 0 Å². The molecule has 1 fully saturated rings. The normalized spacial score (nSPS) is 14.2. The van der Waals surface area contributed by atoms with Crippen LogP contribution in [-0.4, -0.2) is 35.0 Å². The van der Waals surface area contributed by atoms with E-state index in [1.807, 2.05) is 0 Å². The zero-order valence-corrected chi connectivity index (χ0v) is 11.5. The molecule has 0 radical (unpaired) electrons. The summed E-state index contributed by atoms with van der Waals surface area (Å²) in [5.74, 6) is -0.800. The molecule has 0 atom stereocenters. The Bertz CT molecular complexity index is 511. The highest BCUT2D eigenvalue weighted by molar-refractivity contribution is 6.31. The second-order valence-electron chi connectivity index (χ2n) is 4.94. The van der Waals surface area contributed by atoms with Gasteiger partial charge < -0.3 is 10.0 Å². The molecule has 1 aromatic carbocycles. The van der Waals surface area contributed by atoms with Gasteiger partial charge in [0.2, 0.25) is 0 Å². The number of carboxylic acid groups (broad SMARTS) is 1. The molecule has 1 amide bonds. The van der Waals surface area contributed by atoms with E-state index >= 15 is 0 Å². The van der Waals surface area contributed by atoms with Crippen LogP contribution < -0.4 is 0 Å². The Balaban J connectivity index is 2.21. The summed E-state index contributed by atoms with van der Waals surface area (Å²) in [6, 6.07) is 5.11. The Morgan fingerprint density at radius 1 is 1.42 bits per heavy atom. The maximum atomic E-state index is 12.4. The first-order valence-corrected chi connectivity index (χ1v) is 6.63. The fourth-order valence-corrected chi connectivity index (χ4v) is 2.18. The molecule has 4 nitrogen and oxygen atoms in total. The molecule has 0 spiro atoms. The van der Waals surface area contributed by atoms with Crippen LogP contribution in [0.5, 0.6) is 0 Å². The van der Waals surface area contributed by atoms with E-state index < -0.39 is 5.97 Å². The maximum Gasteiger partial charge on any atom is 0.323 e. The fourth-order valence-electron chi connectivity index (χ4n) is 2.00. The van der Waals surface area contributed by atoms with Gasteiger partial charge in [0.05, 0.1) is 0 Å². The Morgan fingerprint density at radius 3 is 2.68 bits per heavy atom. The van der Waals surface area contributed by atoms with Gasteiger partial charge in [0.25, 0.3) is 5.91 Å². The summed E-state index contributed by atoms with van der Waals surface area (Å²) in [5, 5.41) is 9.44. The molecule has 102 valence electrons. The van der Waals surface area contributed by atoms with Crippen LogP contribution in [0.3, 0.4) is 0 Å². The first kappa shape index (κ1) is 13.9. The van der Waals surface area contributed by atoms with Gasteiger partial charge in [0.1, 0.15) is 6.54 Å². The van der Waals surface area contributed by atoms with Crippen molar-refractivity contribution in [1.29, 1.82) is 0 Å². The Kier molecular flexibility index (Phi) is 4.10. The van der Waals surface area contributed by atoms with Crippen molar-refractivity contribution in [3.8, 4) is 0 Å². The van der Waals surface area contributed by atoms with Crippen LogP contribution in [0.15, 0.2) is 18.2 Å². The second kappa shape index (κ2) is 5.61. The van der Waals surface area contributed by atoms with Gasteiger partial charge in [-0.25, -0.2) is 0 Å². The van der Waals surface area contributed by atoms with Gasteiger partial charge in [0, 0.05) is 17.1 Å². The topological polar surface area (TPSA) is 57.6 Å². The highest BCUT2D eigenvalue weighted by atomic mass is 35.5. The predicted molar refractivity (Wildman–Crippen MR) is 72.5 cm³/mol. The van der Waals surface area contributed by atoms with Gasteiger partial charge in [-0.1, -0.05) is 17.7 Å². The molecule has 0 aromatic heterocycles. The number of carbonyl (C=O) groups excluding carboxylic acids is 1. The maximum absolute atomic E-state index is 12.4. The summed E-state index contributed by atoms with van der Waals surface area (Å²) in [6.45, 7) is 2.02.